The van der Waals surface area contributed by atoms with Crippen LogP contribution in [-0.4, -0.2) is 40.0 Å². The van der Waals surface area contributed by atoms with Gasteiger partial charge in [-0.15, -0.1) is 5.10 Å². The Kier molecular flexibility index (Phi) is 6.73. The highest BCUT2D eigenvalue weighted by Crippen LogP contribution is 2.27. The number of ether oxygens (including phenoxy) is 1. The lowest BCUT2D eigenvalue weighted by Gasteiger charge is -2.23. The summed E-state index contributed by atoms with van der Waals surface area (Å²) >= 11 is 6.35. The number of hydrogen-bond donors (Lipinski definition) is 0. The Balaban J connectivity index is 1.71. The molecule has 4 aromatic rings. The van der Waals surface area contributed by atoms with Crippen LogP contribution in [0, 0.1) is 6.92 Å². The van der Waals surface area contributed by atoms with Crippen molar-refractivity contribution in [2.75, 3.05) is 7.11 Å². The zero-order chi connectivity index (χ0) is 23.4. The van der Waals surface area contributed by atoms with Crippen molar-refractivity contribution < 1.29 is 13.2 Å². The van der Waals surface area contributed by atoms with Crippen LogP contribution in [0.4, 0.5) is 0 Å². The first-order valence-corrected chi connectivity index (χ1v) is 11.9. The molecule has 0 aliphatic carbocycles. The highest BCUT2D eigenvalue weighted by molar-refractivity contribution is 7.89. The van der Waals surface area contributed by atoms with Gasteiger partial charge >= 0.3 is 0 Å². The Bertz CT molecular complexity index is 1340. The number of rotatable bonds is 8. The summed E-state index contributed by atoms with van der Waals surface area (Å²) in [4.78, 5) is 0.178. The van der Waals surface area contributed by atoms with Gasteiger partial charge in [-0.05, 0) is 70.4 Å². The van der Waals surface area contributed by atoms with Gasteiger partial charge in [0, 0.05) is 18.1 Å². The maximum Gasteiger partial charge on any atom is 0.243 e. The van der Waals surface area contributed by atoms with Gasteiger partial charge in [0.15, 0.2) is 0 Å². The third-order valence-corrected chi connectivity index (χ3v) is 7.38. The molecule has 1 aromatic heterocycles. The molecule has 0 atom stereocenters. The van der Waals surface area contributed by atoms with E-state index in [1.807, 2.05) is 37.3 Å². The molecule has 8 nitrogen and oxygen atoms in total. The topological polar surface area (TPSA) is 90.2 Å². The molecule has 0 spiro atoms. The van der Waals surface area contributed by atoms with E-state index >= 15 is 0 Å². The molecule has 3 aromatic carbocycles. The van der Waals surface area contributed by atoms with E-state index in [2.05, 4.69) is 15.5 Å². The highest BCUT2D eigenvalue weighted by atomic mass is 35.5. The molecule has 0 saturated heterocycles. The molecule has 0 amide bonds. The number of halogens is 1. The van der Waals surface area contributed by atoms with E-state index in [9.17, 15) is 8.42 Å². The Labute approximate surface area is 197 Å². The van der Waals surface area contributed by atoms with Crippen molar-refractivity contribution in [2.24, 2.45) is 0 Å². The van der Waals surface area contributed by atoms with E-state index in [1.54, 1.807) is 43.5 Å². The second-order valence-electron chi connectivity index (χ2n) is 7.42. The molecular formula is C23H22ClN5O3S. The summed E-state index contributed by atoms with van der Waals surface area (Å²) in [6, 6.07) is 19.4. The summed E-state index contributed by atoms with van der Waals surface area (Å²) < 4.78 is 35.6. The summed E-state index contributed by atoms with van der Waals surface area (Å²) in [6.07, 6.45) is 1.46. The molecule has 0 unspecified atom stereocenters. The van der Waals surface area contributed by atoms with Gasteiger partial charge in [-0.1, -0.05) is 41.9 Å². The van der Waals surface area contributed by atoms with Gasteiger partial charge in [0.1, 0.15) is 12.1 Å². The lowest BCUT2D eigenvalue weighted by Crippen LogP contribution is -2.30. The summed E-state index contributed by atoms with van der Waals surface area (Å²) in [6.45, 7) is 2.12. The average molecular weight is 484 g/mol. The zero-order valence-electron chi connectivity index (χ0n) is 18.1. The van der Waals surface area contributed by atoms with Crippen LogP contribution in [0.3, 0.4) is 0 Å². The number of sulfonamides is 1. The normalized spacial score (nSPS) is 11.6. The first-order chi connectivity index (χ1) is 15.9. The molecule has 4 rings (SSSR count). The molecule has 10 heteroatoms. The van der Waals surface area contributed by atoms with Crippen LogP contribution in [0.1, 0.15) is 16.7 Å². The van der Waals surface area contributed by atoms with Gasteiger partial charge in [-0.3, -0.25) is 0 Å². The van der Waals surface area contributed by atoms with Crippen molar-refractivity contribution in [1.29, 1.82) is 0 Å². The quantitative estimate of drug-likeness (QED) is 0.376. The number of methoxy groups -OCH3 is 1. The second-order valence-corrected chi connectivity index (χ2v) is 9.76. The number of nitrogens with zero attached hydrogens (tertiary/aromatic N) is 5. The number of benzene rings is 3. The van der Waals surface area contributed by atoms with Crippen molar-refractivity contribution in [1.82, 2.24) is 24.5 Å². The van der Waals surface area contributed by atoms with E-state index in [-0.39, 0.29) is 18.0 Å². The van der Waals surface area contributed by atoms with E-state index in [0.29, 0.717) is 16.5 Å². The van der Waals surface area contributed by atoms with Crippen molar-refractivity contribution in [3.8, 4) is 11.4 Å². The first kappa shape index (κ1) is 22.9. The Morgan fingerprint density at radius 2 is 1.79 bits per heavy atom. The fourth-order valence-corrected chi connectivity index (χ4v) is 5.13. The summed E-state index contributed by atoms with van der Waals surface area (Å²) in [5.41, 5.74) is 2.98. The fraction of sp³-hybridized carbons (Fsp3) is 0.174. The monoisotopic (exact) mass is 483 g/mol. The van der Waals surface area contributed by atoms with Crippen LogP contribution < -0.4 is 4.74 Å². The molecule has 0 bridgehead atoms. The lowest BCUT2D eigenvalue weighted by atomic mass is 10.2. The smallest absolute Gasteiger partial charge is 0.243 e. The van der Waals surface area contributed by atoms with Crippen LogP contribution in [-0.2, 0) is 23.1 Å². The maximum atomic E-state index is 13.7. The second kappa shape index (κ2) is 9.70. The van der Waals surface area contributed by atoms with E-state index in [1.165, 1.54) is 15.3 Å². The standard InChI is InChI=1S/C23H22ClN5O3S/c1-17-13-21(11-12-23(17)29-16-25-26-27-29)33(30,31)28(15-19-5-3-4-6-22(19)24)14-18-7-9-20(32-2)10-8-18/h3-13,16H,14-15H2,1-2H3. The van der Waals surface area contributed by atoms with Crippen LogP contribution in [0.15, 0.2) is 78.0 Å². The van der Waals surface area contributed by atoms with Gasteiger partial charge in [0.05, 0.1) is 17.7 Å². The lowest BCUT2D eigenvalue weighted by molar-refractivity contribution is 0.399. The van der Waals surface area contributed by atoms with Crippen LogP contribution in [0.2, 0.25) is 5.02 Å². The third-order valence-electron chi connectivity index (χ3n) is 5.22. The molecule has 33 heavy (non-hydrogen) atoms. The predicted molar refractivity (Wildman–Crippen MR) is 125 cm³/mol. The van der Waals surface area contributed by atoms with Gasteiger partial charge < -0.3 is 4.74 Å². The largest absolute Gasteiger partial charge is 0.497 e. The minimum atomic E-state index is -3.86. The summed E-state index contributed by atoms with van der Waals surface area (Å²) in [5, 5.41) is 11.7. The van der Waals surface area contributed by atoms with Crippen LogP contribution in [0.5, 0.6) is 5.75 Å². The van der Waals surface area contributed by atoms with Gasteiger partial charge in [-0.2, -0.15) is 4.31 Å². The number of aryl methyl sites for hydroxylation is 1. The Morgan fingerprint density at radius 3 is 2.42 bits per heavy atom. The molecule has 0 saturated carbocycles. The minimum Gasteiger partial charge on any atom is -0.497 e. The van der Waals surface area contributed by atoms with E-state index in [4.69, 9.17) is 16.3 Å². The highest BCUT2D eigenvalue weighted by Gasteiger charge is 2.26. The molecule has 0 radical (unpaired) electrons. The SMILES string of the molecule is COc1ccc(CN(Cc2ccccc2Cl)S(=O)(=O)c2ccc(-n3cnnn3)c(C)c2)cc1. The van der Waals surface area contributed by atoms with Crippen molar-refractivity contribution in [3.05, 3.63) is 94.8 Å². The van der Waals surface area contributed by atoms with Crippen molar-refractivity contribution in [3.63, 3.8) is 0 Å². The molecule has 0 aliphatic rings. The number of hydrogen-bond acceptors (Lipinski definition) is 6. The number of tetrazole rings is 1. The maximum absolute atomic E-state index is 13.7. The Hall–Kier alpha value is -3.27. The van der Waals surface area contributed by atoms with Gasteiger partial charge in [0.25, 0.3) is 0 Å². The molecular weight excluding hydrogens is 462 g/mol. The molecule has 0 aliphatic heterocycles. The van der Waals surface area contributed by atoms with Crippen LogP contribution >= 0.6 is 11.6 Å². The molecule has 0 fully saturated rings. The van der Waals surface area contributed by atoms with Gasteiger partial charge in [0.2, 0.25) is 10.0 Å². The van der Waals surface area contributed by atoms with Crippen molar-refractivity contribution in [2.45, 2.75) is 24.9 Å². The van der Waals surface area contributed by atoms with E-state index < -0.39 is 10.0 Å². The van der Waals surface area contributed by atoms with Gasteiger partial charge in [-0.25, -0.2) is 13.1 Å². The Morgan fingerprint density at radius 1 is 1.03 bits per heavy atom. The molecule has 0 N–H and O–H groups in total. The summed E-state index contributed by atoms with van der Waals surface area (Å²) in [7, 11) is -2.27. The average Bonchev–Trinajstić information content (AvgIpc) is 3.35. The minimum absolute atomic E-state index is 0.127. The van der Waals surface area contributed by atoms with Crippen molar-refractivity contribution >= 4 is 21.6 Å². The number of aromatic nitrogens is 4. The first-order valence-electron chi connectivity index (χ1n) is 10.1. The third kappa shape index (κ3) is 5.05. The summed E-state index contributed by atoms with van der Waals surface area (Å²) in [5.74, 6) is 0.702. The molecule has 1 heterocycles. The van der Waals surface area contributed by atoms with Crippen LogP contribution in [0.25, 0.3) is 5.69 Å². The van der Waals surface area contributed by atoms with E-state index in [0.717, 1.165) is 16.7 Å². The fourth-order valence-electron chi connectivity index (χ4n) is 3.44. The molecule has 170 valence electrons. The predicted octanol–water partition coefficient (Wildman–Crippen LogP) is 4.02. The zero-order valence-corrected chi connectivity index (χ0v) is 19.7.